The van der Waals surface area contributed by atoms with Gasteiger partial charge in [-0.3, -0.25) is 4.68 Å². The van der Waals surface area contributed by atoms with Gasteiger partial charge in [-0.15, -0.1) is 0 Å². The molecule has 0 aliphatic rings. The van der Waals surface area contributed by atoms with Crippen LogP contribution in [0.3, 0.4) is 0 Å². The van der Waals surface area contributed by atoms with Crippen LogP contribution < -0.4 is 11.1 Å². The topological polar surface area (TPSA) is 55.9 Å². The third-order valence-electron chi connectivity index (χ3n) is 3.22. The quantitative estimate of drug-likeness (QED) is 0.890. The van der Waals surface area contributed by atoms with Crippen LogP contribution in [0.4, 0.5) is 15.9 Å². The van der Waals surface area contributed by atoms with Gasteiger partial charge >= 0.3 is 0 Å². The second-order valence-corrected chi connectivity index (χ2v) is 4.60. The van der Waals surface area contributed by atoms with Crippen LogP contribution in [0.5, 0.6) is 0 Å². The van der Waals surface area contributed by atoms with Gasteiger partial charge in [0.2, 0.25) is 0 Å². The van der Waals surface area contributed by atoms with E-state index in [4.69, 9.17) is 5.73 Å². The van der Waals surface area contributed by atoms with Crippen molar-refractivity contribution < 1.29 is 4.39 Å². The normalized spacial score (nSPS) is 12.4. The van der Waals surface area contributed by atoms with Crippen molar-refractivity contribution in [3.8, 4) is 0 Å². The average molecular weight is 262 g/mol. The molecule has 0 radical (unpaired) electrons. The minimum atomic E-state index is -0.232. The highest BCUT2D eigenvalue weighted by atomic mass is 19.1. The molecule has 0 saturated carbocycles. The summed E-state index contributed by atoms with van der Waals surface area (Å²) in [6.45, 7) is 4.02. The number of aryl methyl sites for hydroxylation is 2. The molecular weight excluding hydrogens is 243 g/mol. The SMILES string of the molecule is CCc1nn(C)c(NC(C)c2ccc(F)cc2)c1N. The minimum absolute atomic E-state index is 0.0306. The minimum Gasteiger partial charge on any atom is -0.394 e. The van der Waals surface area contributed by atoms with Gasteiger partial charge in [-0.1, -0.05) is 19.1 Å². The Kier molecular flexibility index (Phi) is 3.74. The first-order chi connectivity index (χ1) is 9.02. The van der Waals surface area contributed by atoms with Crippen LogP contribution >= 0.6 is 0 Å². The zero-order chi connectivity index (χ0) is 14.0. The van der Waals surface area contributed by atoms with Crippen LogP contribution in [-0.2, 0) is 13.5 Å². The lowest BCUT2D eigenvalue weighted by molar-refractivity contribution is 0.626. The van der Waals surface area contributed by atoms with Crippen molar-refractivity contribution in [1.29, 1.82) is 0 Å². The first kappa shape index (κ1) is 13.4. The van der Waals surface area contributed by atoms with Gasteiger partial charge in [0.1, 0.15) is 11.6 Å². The molecule has 102 valence electrons. The maximum Gasteiger partial charge on any atom is 0.148 e. The Morgan fingerprint density at radius 2 is 2.00 bits per heavy atom. The van der Waals surface area contributed by atoms with Gasteiger partial charge in [0.05, 0.1) is 17.4 Å². The molecule has 0 saturated heterocycles. The van der Waals surface area contributed by atoms with E-state index in [1.165, 1.54) is 12.1 Å². The van der Waals surface area contributed by atoms with Crippen molar-refractivity contribution in [3.05, 3.63) is 41.3 Å². The van der Waals surface area contributed by atoms with Gasteiger partial charge in [-0.2, -0.15) is 5.10 Å². The zero-order valence-electron chi connectivity index (χ0n) is 11.4. The number of hydrogen-bond donors (Lipinski definition) is 2. The van der Waals surface area contributed by atoms with Crippen molar-refractivity contribution >= 4 is 11.5 Å². The summed E-state index contributed by atoms with van der Waals surface area (Å²) in [7, 11) is 1.86. The van der Waals surface area contributed by atoms with Crippen LogP contribution in [0.15, 0.2) is 24.3 Å². The Hall–Kier alpha value is -2.04. The number of nitrogens with two attached hydrogens (primary N) is 1. The molecule has 0 spiro atoms. The molecular formula is C14H19FN4. The summed E-state index contributed by atoms with van der Waals surface area (Å²) in [5.74, 6) is 0.568. The standard InChI is InChI=1S/C14H19FN4/c1-4-12-13(16)14(19(3)18-12)17-9(2)10-5-7-11(15)8-6-10/h5-9,17H,4,16H2,1-3H3. The summed E-state index contributed by atoms with van der Waals surface area (Å²) in [6, 6.07) is 6.47. The van der Waals surface area contributed by atoms with Crippen molar-refractivity contribution in [3.63, 3.8) is 0 Å². The van der Waals surface area contributed by atoms with E-state index in [0.717, 1.165) is 23.5 Å². The Morgan fingerprint density at radius 3 is 2.53 bits per heavy atom. The molecule has 5 heteroatoms. The largest absolute Gasteiger partial charge is 0.394 e. The number of benzene rings is 1. The Bertz CT molecular complexity index is 560. The van der Waals surface area contributed by atoms with Crippen LogP contribution in [0, 0.1) is 5.82 Å². The van der Waals surface area contributed by atoms with Gasteiger partial charge in [0.25, 0.3) is 0 Å². The van der Waals surface area contributed by atoms with Crippen LogP contribution in [0.1, 0.15) is 31.1 Å². The molecule has 1 heterocycles. The Morgan fingerprint density at radius 1 is 1.37 bits per heavy atom. The molecule has 19 heavy (non-hydrogen) atoms. The van der Waals surface area contributed by atoms with Gasteiger partial charge in [-0.05, 0) is 31.0 Å². The fourth-order valence-electron chi connectivity index (χ4n) is 2.07. The fourth-order valence-corrected chi connectivity index (χ4v) is 2.07. The Labute approximate surface area is 112 Å². The van der Waals surface area contributed by atoms with E-state index in [1.807, 2.05) is 20.9 Å². The predicted molar refractivity (Wildman–Crippen MR) is 75.4 cm³/mol. The molecule has 2 rings (SSSR count). The number of nitrogens with zero attached hydrogens (tertiary/aromatic N) is 2. The summed E-state index contributed by atoms with van der Waals surface area (Å²) in [5.41, 5.74) is 8.62. The maximum absolute atomic E-state index is 12.9. The Balaban J connectivity index is 2.21. The van der Waals surface area contributed by atoms with Gasteiger partial charge in [0, 0.05) is 7.05 Å². The van der Waals surface area contributed by atoms with Crippen molar-refractivity contribution in [2.45, 2.75) is 26.3 Å². The van der Waals surface area contributed by atoms with E-state index in [-0.39, 0.29) is 11.9 Å². The first-order valence-corrected chi connectivity index (χ1v) is 6.36. The van der Waals surface area contributed by atoms with E-state index in [0.29, 0.717) is 5.69 Å². The van der Waals surface area contributed by atoms with Crippen LogP contribution in [0.2, 0.25) is 0 Å². The zero-order valence-corrected chi connectivity index (χ0v) is 11.4. The molecule has 1 aromatic carbocycles. The van der Waals surface area contributed by atoms with E-state index < -0.39 is 0 Å². The maximum atomic E-state index is 12.9. The third kappa shape index (κ3) is 2.70. The summed E-state index contributed by atoms with van der Waals surface area (Å²) < 4.78 is 14.6. The van der Waals surface area contributed by atoms with Crippen molar-refractivity contribution in [2.75, 3.05) is 11.1 Å². The number of nitrogens with one attached hydrogen (secondary N) is 1. The molecule has 0 fully saturated rings. The van der Waals surface area contributed by atoms with Gasteiger partial charge in [0.15, 0.2) is 0 Å². The first-order valence-electron chi connectivity index (χ1n) is 6.36. The fraction of sp³-hybridized carbons (Fsp3) is 0.357. The van der Waals surface area contributed by atoms with E-state index >= 15 is 0 Å². The van der Waals surface area contributed by atoms with Crippen LogP contribution in [0.25, 0.3) is 0 Å². The number of aromatic nitrogens is 2. The highest BCUT2D eigenvalue weighted by Gasteiger charge is 2.14. The number of nitrogen functional groups attached to an aromatic ring is 1. The van der Waals surface area contributed by atoms with Gasteiger partial charge in [-0.25, -0.2) is 4.39 Å². The lowest BCUT2D eigenvalue weighted by Gasteiger charge is -2.16. The van der Waals surface area contributed by atoms with Crippen molar-refractivity contribution in [2.24, 2.45) is 7.05 Å². The highest BCUT2D eigenvalue weighted by Crippen LogP contribution is 2.26. The summed E-state index contributed by atoms with van der Waals surface area (Å²) in [6.07, 6.45) is 0.798. The monoisotopic (exact) mass is 262 g/mol. The molecule has 0 amide bonds. The molecule has 0 bridgehead atoms. The molecule has 1 atom stereocenters. The predicted octanol–water partition coefficient (Wildman–Crippen LogP) is 2.88. The highest BCUT2D eigenvalue weighted by molar-refractivity contribution is 5.65. The summed E-state index contributed by atoms with van der Waals surface area (Å²) in [5, 5.41) is 7.68. The molecule has 1 aromatic heterocycles. The second kappa shape index (κ2) is 5.30. The molecule has 1 unspecified atom stereocenters. The summed E-state index contributed by atoms with van der Waals surface area (Å²) in [4.78, 5) is 0. The average Bonchev–Trinajstić information content (AvgIpc) is 2.67. The number of hydrogen-bond acceptors (Lipinski definition) is 3. The van der Waals surface area contributed by atoms with Crippen LogP contribution in [-0.4, -0.2) is 9.78 Å². The molecule has 3 N–H and O–H groups in total. The number of halogens is 1. The second-order valence-electron chi connectivity index (χ2n) is 4.60. The third-order valence-corrected chi connectivity index (χ3v) is 3.22. The van der Waals surface area contributed by atoms with E-state index in [2.05, 4.69) is 10.4 Å². The van der Waals surface area contributed by atoms with Crippen molar-refractivity contribution in [1.82, 2.24) is 9.78 Å². The van der Waals surface area contributed by atoms with E-state index in [1.54, 1.807) is 16.8 Å². The van der Waals surface area contributed by atoms with Gasteiger partial charge < -0.3 is 11.1 Å². The number of rotatable bonds is 4. The molecule has 0 aliphatic heterocycles. The number of anilines is 2. The lowest BCUT2D eigenvalue weighted by Crippen LogP contribution is -2.11. The molecule has 2 aromatic rings. The lowest BCUT2D eigenvalue weighted by atomic mass is 10.1. The molecule has 4 nitrogen and oxygen atoms in total. The smallest absolute Gasteiger partial charge is 0.148 e. The summed E-state index contributed by atoms with van der Waals surface area (Å²) >= 11 is 0. The van der Waals surface area contributed by atoms with E-state index in [9.17, 15) is 4.39 Å². The molecule has 0 aliphatic carbocycles.